The van der Waals surface area contributed by atoms with Crippen LogP contribution in [0.5, 0.6) is 0 Å². The van der Waals surface area contributed by atoms with Gasteiger partial charge in [0.05, 0.1) is 0 Å². The Bertz CT molecular complexity index is 377. The Morgan fingerprint density at radius 3 is 2.41 bits per heavy atom. The van der Waals surface area contributed by atoms with Gasteiger partial charge in [-0.05, 0) is 12.1 Å². The molecule has 1 aromatic rings. The molecule has 5 nitrogen and oxygen atoms in total. The monoisotopic (exact) mass is 237 g/mol. The fourth-order valence-electron chi connectivity index (χ4n) is 1.33. The summed E-state index contributed by atoms with van der Waals surface area (Å²) < 4.78 is 9.53. The van der Waals surface area contributed by atoms with Crippen molar-refractivity contribution >= 4 is 17.4 Å². The Balaban J connectivity index is 2.64. The van der Waals surface area contributed by atoms with Crippen LogP contribution in [0.25, 0.3) is 0 Å². The van der Waals surface area contributed by atoms with Gasteiger partial charge in [-0.15, -0.1) is 0 Å². The molecule has 17 heavy (non-hydrogen) atoms. The summed E-state index contributed by atoms with van der Waals surface area (Å²) in [5.74, 6) is -0.913. The largest absolute Gasteiger partial charge is 0.377 e. The first-order valence-electron chi connectivity index (χ1n) is 5.09. The molecule has 0 aliphatic carbocycles. The van der Waals surface area contributed by atoms with E-state index in [-0.39, 0.29) is 6.61 Å². The molecule has 1 aromatic carbocycles. The Kier molecular flexibility index (Phi) is 5.32. The maximum absolute atomic E-state index is 11.7. The highest BCUT2D eigenvalue weighted by Gasteiger charge is 2.25. The second-order valence-corrected chi connectivity index (χ2v) is 3.37. The second-order valence-electron chi connectivity index (χ2n) is 3.37. The summed E-state index contributed by atoms with van der Waals surface area (Å²) in [7, 11) is 2.70. The van der Waals surface area contributed by atoms with Gasteiger partial charge in [-0.2, -0.15) is 0 Å². The van der Waals surface area contributed by atoms with E-state index in [1.165, 1.54) is 14.2 Å². The highest BCUT2D eigenvalue weighted by Crippen LogP contribution is 2.06. The Morgan fingerprint density at radius 2 is 1.88 bits per heavy atom. The van der Waals surface area contributed by atoms with Crippen LogP contribution in [0.2, 0.25) is 0 Å². The highest BCUT2D eigenvalue weighted by atomic mass is 16.5. The van der Waals surface area contributed by atoms with Crippen molar-refractivity contribution in [1.29, 1.82) is 0 Å². The van der Waals surface area contributed by atoms with Crippen LogP contribution in [0.15, 0.2) is 30.3 Å². The Morgan fingerprint density at radius 1 is 1.24 bits per heavy atom. The van der Waals surface area contributed by atoms with E-state index in [1.54, 1.807) is 24.3 Å². The number of ketones is 1. The zero-order valence-corrected chi connectivity index (χ0v) is 9.80. The summed E-state index contributed by atoms with van der Waals surface area (Å²) in [4.78, 5) is 23.2. The summed E-state index contributed by atoms with van der Waals surface area (Å²) >= 11 is 0. The molecule has 0 aromatic heterocycles. The number of hydrogen-bond donors (Lipinski definition) is 1. The number of ether oxygens (including phenoxy) is 2. The summed E-state index contributed by atoms with van der Waals surface area (Å²) in [6.07, 6.45) is -1.14. The molecular weight excluding hydrogens is 222 g/mol. The second kappa shape index (κ2) is 6.78. The smallest absolute Gasteiger partial charge is 0.261 e. The standard InChI is InChI=1S/C12H15NO4/c1-16-8-10(14)11(17-2)12(15)13-9-6-4-3-5-7-9/h3-7,11H,8H2,1-2H3,(H,13,15)/t11-/m1/s1. The molecule has 0 aliphatic rings. The van der Waals surface area contributed by atoms with Crippen LogP contribution < -0.4 is 5.32 Å². The van der Waals surface area contributed by atoms with Crippen LogP contribution in [-0.4, -0.2) is 38.6 Å². The van der Waals surface area contributed by atoms with E-state index in [4.69, 9.17) is 4.74 Å². The number of anilines is 1. The van der Waals surface area contributed by atoms with Gasteiger partial charge in [-0.25, -0.2) is 0 Å². The first kappa shape index (κ1) is 13.3. The average Bonchev–Trinajstić information content (AvgIpc) is 2.31. The van der Waals surface area contributed by atoms with Gasteiger partial charge < -0.3 is 14.8 Å². The lowest BCUT2D eigenvalue weighted by atomic mass is 10.2. The average molecular weight is 237 g/mol. The first-order chi connectivity index (χ1) is 8.19. The summed E-state index contributed by atoms with van der Waals surface area (Å²) in [6.45, 7) is -0.152. The van der Waals surface area contributed by atoms with E-state index < -0.39 is 17.8 Å². The number of carbonyl (C=O) groups excluding carboxylic acids is 2. The molecule has 0 spiro atoms. The summed E-state index contributed by atoms with van der Waals surface area (Å²) in [6, 6.07) is 8.86. The number of amides is 1. The SMILES string of the molecule is COCC(=O)[C@@H](OC)C(=O)Nc1ccccc1. The minimum absolute atomic E-state index is 0.152. The number of carbonyl (C=O) groups is 2. The Hall–Kier alpha value is -1.72. The van der Waals surface area contributed by atoms with Gasteiger partial charge in [-0.3, -0.25) is 9.59 Å². The normalized spacial score (nSPS) is 11.9. The number of para-hydroxylation sites is 1. The molecule has 92 valence electrons. The fourth-order valence-corrected chi connectivity index (χ4v) is 1.33. The molecule has 5 heteroatoms. The lowest BCUT2D eigenvalue weighted by Crippen LogP contribution is -2.38. The van der Waals surface area contributed by atoms with Crippen molar-refractivity contribution < 1.29 is 19.1 Å². The minimum Gasteiger partial charge on any atom is -0.377 e. The summed E-state index contributed by atoms with van der Waals surface area (Å²) in [5.41, 5.74) is 0.616. The van der Waals surface area contributed by atoms with Crippen molar-refractivity contribution in [3.8, 4) is 0 Å². The number of rotatable bonds is 6. The number of hydrogen-bond acceptors (Lipinski definition) is 4. The molecule has 0 aliphatic heterocycles. The lowest BCUT2D eigenvalue weighted by Gasteiger charge is -2.13. The minimum atomic E-state index is -1.14. The van der Waals surface area contributed by atoms with Crippen LogP contribution in [0, 0.1) is 0 Å². The quantitative estimate of drug-likeness (QED) is 0.745. The molecule has 0 radical (unpaired) electrons. The maximum atomic E-state index is 11.7. The van der Waals surface area contributed by atoms with E-state index >= 15 is 0 Å². The molecule has 0 fully saturated rings. The molecule has 0 saturated carbocycles. The predicted octanol–water partition coefficient (Wildman–Crippen LogP) is 0.856. The molecule has 1 N–H and O–H groups in total. The predicted molar refractivity (Wildman–Crippen MR) is 62.8 cm³/mol. The third-order valence-electron chi connectivity index (χ3n) is 2.09. The molecule has 0 saturated heterocycles. The third-order valence-corrected chi connectivity index (χ3v) is 2.09. The molecule has 1 rings (SSSR count). The number of benzene rings is 1. The van der Waals surface area contributed by atoms with Crippen molar-refractivity contribution in [2.75, 3.05) is 26.1 Å². The molecule has 1 atom stereocenters. The van der Waals surface area contributed by atoms with E-state index in [0.717, 1.165) is 0 Å². The van der Waals surface area contributed by atoms with Gasteiger partial charge in [0.1, 0.15) is 6.61 Å². The molecule has 0 unspecified atom stereocenters. The fraction of sp³-hybridized carbons (Fsp3) is 0.333. The van der Waals surface area contributed by atoms with Gasteiger partial charge in [0.25, 0.3) is 5.91 Å². The van der Waals surface area contributed by atoms with Gasteiger partial charge in [0, 0.05) is 19.9 Å². The van der Waals surface area contributed by atoms with E-state index in [9.17, 15) is 9.59 Å². The van der Waals surface area contributed by atoms with E-state index in [1.807, 2.05) is 6.07 Å². The summed E-state index contributed by atoms with van der Waals surface area (Å²) in [5, 5.41) is 2.59. The van der Waals surface area contributed by atoms with Crippen LogP contribution in [-0.2, 0) is 19.1 Å². The van der Waals surface area contributed by atoms with Crippen molar-refractivity contribution in [3.63, 3.8) is 0 Å². The zero-order chi connectivity index (χ0) is 12.7. The molecule has 0 bridgehead atoms. The van der Waals surface area contributed by atoms with Crippen LogP contribution in [0.3, 0.4) is 0 Å². The van der Waals surface area contributed by atoms with Crippen LogP contribution in [0.4, 0.5) is 5.69 Å². The third kappa shape index (κ3) is 3.97. The number of Topliss-reactive ketones (excluding diaryl/α,β-unsaturated/α-hetero) is 1. The van der Waals surface area contributed by atoms with Crippen molar-refractivity contribution in [3.05, 3.63) is 30.3 Å². The van der Waals surface area contributed by atoms with Gasteiger partial charge in [0.15, 0.2) is 11.9 Å². The number of nitrogens with one attached hydrogen (secondary N) is 1. The highest BCUT2D eigenvalue weighted by molar-refractivity contribution is 6.10. The number of methoxy groups -OCH3 is 2. The molecular formula is C12H15NO4. The van der Waals surface area contributed by atoms with Gasteiger partial charge in [-0.1, -0.05) is 18.2 Å². The van der Waals surface area contributed by atoms with E-state index in [2.05, 4.69) is 10.1 Å². The van der Waals surface area contributed by atoms with Gasteiger partial charge >= 0.3 is 0 Å². The molecule has 0 heterocycles. The van der Waals surface area contributed by atoms with Crippen LogP contribution in [0.1, 0.15) is 0 Å². The zero-order valence-electron chi connectivity index (χ0n) is 9.80. The molecule has 1 amide bonds. The topological polar surface area (TPSA) is 64.6 Å². The Labute approximate surface area is 99.7 Å². The van der Waals surface area contributed by atoms with Crippen molar-refractivity contribution in [1.82, 2.24) is 0 Å². The van der Waals surface area contributed by atoms with Crippen molar-refractivity contribution in [2.45, 2.75) is 6.10 Å². The van der Waals surface area contributed by atoms with Crippen LogP contribution >= 0.6 is 0 Å². The van der Waals surface area contributed by atoms with E-state index in [0.29, 0.717) is 5.69 Å². The maximum Gasteiger partial charge on any atom is 0.261 e. The lowest BCUT2D eigenvalue weighted by molar-refractivity contribution is -0.141. The first-order valence-corrected chi connectivity index (χ1v) is 5.09. The van der Waals surface area contributed by atoms with Crippen molar-refractivity contribution in [2.24, 2.45) is 0 Å². The van der Waals surface area contributed by atoms with Gasteiger partial charge in [0.2, 0.25) is 0 Å².